The van der Waals surface area contributed by atoms with Gasteiger partial charge >= 0.3 is 5.97 Å². The molecular formula is C12H24N2O3S. The van der Waals surface area contributed by atoms with Crippen molar-refractivity contribution in [1.29, 1.82) is 0 Å². The van der Waals surface area contributed by atoms with E-state index in [0.29, 0.717) is 11.7 Å². The minimum atomic E-state index is -0.937. The summed E-state index contributed by atoms with van der Waals surface area (Å²) in [5.74, 6) is 0.986. The van der Waals surface area contributed by atoms with E-state index in [0.717, 1.165) is 32.0 Å². The van der Waals surface area contributed by atoms with Crippen LogP contribution in [0.15, 0.2) is 0 Å². The predicted octanol–water partition coefficient (Wildman–Crippen LogP) is 0.488. The number of carboxylic acid groups (broad SMARTS) is 1. The quantitative estimate of drug-likeness (QED) is 0.705. The van der Waals surface area contributed by atoms with Crippen LogP contribution in [0.2, 0.25) is 0 Å². The van der Waals surface area contributed by atoms with Gasteiger partial charge in [0.2, 0.25) is 0 Å². The molecule has 0 aromatic heterocycles. The normalized spacial score (nSPS) is 23.2. The Morgan fingerprint density at radius 1 is 1.61 bits per heavy atom. The molecule has 6 heteroatoms. The van der Waals surface area contributed by atoms with Crippen LogP contribution in [-0.4, -0.2) is 65.9 Å². The molecule has 0 amide bonds. The molecule has 0 spiro atoms. The summed E-state index contributed by atoms with van der Waals surface area (Å²) in [6.45, 7) is 8.22. The molecule has 1 rings (SSSR count). The average molecular weight is 276 g/mol. The zero-order valence-electron chi connectivity index (χ0n) is 11.2. The Morgan fingerprint density at radius 3 is 2.94 bits per heavy atom. The molecular weight excluding hydrogens is 252 g/mol. The third-order valence-corrected chi connectivity index (χ3v) is 3.97. The maximum atomic E-state index is 10.6. The Hall–Kier alpha value is -0.300. The van der Waals surface area contributed by atoms with E-state index in [1.807, 2.05) is 0 Å². The molecule has 2 atom stereocenters. The van der Waals surface area contributed by atoms with Crippen molar-refractivity contribution in [2.24, 2.45) is 11.7 Å². The van der Waals surface area contributed by atoms with Crippen LogP contribution in [0.3, 0.4) is 0 Å². The number of morpholine rings is 1. The Bertz CT molecular complexity index is 264. The van der Waals surface area contributed by atoms with Gasteiger partial charge < -0.3 is 15.6 Å². The molecule has 1 saturated heterocycles. The molecule has 1 fully saturated rings. The van der Waals surface area contributed by atoms with E-state index < -0.39 is 12.0 Å². The smallest absolute Gasteiger partial charge is 0.321 e. The van der Waals surface area contributed by atoms with E-state index in [1.54, 1.807) is 11.8 Å². The first-order chi connectivity index (χ1) is 8.49. The third-order valence-electron chi connectivity index (χ3n) is 2.76. The number of nitrogens with two attached hydrogens (primary N) is 1. The maximum Gasteiger partial charge on any atom is 0.321 e. The molecule has 3 N–H and O–H groups in total. The van der Waals surface area contributed by atoms with Crippen LogP contribution in [0.25, 0.3) is 0 Å². The van der Waals surface area contributed by atoms with Crippen molar-refractivity contribution in [3.05, 3.63) is 0 Å². The number of thioether (sulfide) groups is 1. The first kappa shape index (κ1) is 15.8. The maximum absolute atomic E-state index is 10.6. The Morgan fingerprint density at radius 2 is 2.33 bits per heavy atom. The number of hydrogen-bond donors (Lipinski definition) is 2. The highest BCUT2D eigenvalue weighted by Gasteiger charge is 2.21. The summed E-state index contributed by atoms with van der Waals surface area (Å²) in [6, 6.07) is -0.773. The summed E-state index contributed by atoms with van der Waals surface area (Å²) < 4.78 is 5.68. The van der Waals surface area contributed by atoms with Gasteiger partial charge in [-0.1, -0.05) is 13.8 Å². The standard InChI is InChI=1S/C12H24N2O3S/c1-9(2)5-14-3-4-17-10(6-14)7-18-8-11(13)12(15)16/h9-11H,3-8,13H2,1-2H3,(H,15,16)/t10?,11-/m1/s1. The summed E-state index contributed by atoms with van der Waals surface area (Å²) in [5.41, 5.74) is 5.45. The fourth-order valence-corrected chi connectivity index (χ4v) is 2.96. The lowest BCUT2D eigenvalue weighted by molar-refractivity contribution is -0.137. The average Bonchev–Trinajstić information content (AvgIpc) is 2.28. The molecule has 0 bridgehead atoms. The van der Waals surface area contributed by atoms with Gasteiger partial charge in [0.1, 0.15) is 6.04 Å². The minimum Gasteiger partial charge on any atom is -0.480 e. The largest absolute Gasteiger partial charge is 0.480 e. The van der Waals surface area contributed by atoms with Gasteiger partial charge in [-0.25, -0.2) is 0 Å². The fourth-order valence-electron chi connectivity index (χ4n) is 1.96. The number of hydrogen-bond acceptors (Lipinski definition) is 5. The first-order valence-electron chi connectivity index (χ1n) is 6.39. The van der Waals surface area contributed by atoms with Crippen LogP contribution in [-0.2, 0) is 9.53 Å². The summed E-state index contributed by atoms with van der Waals surface area (Å²) in [7, 11) is 0. The highest BCUT2D eigenvalue weighted by atomic mass is 32.2. The SMILES string of the molecule is CC(C)CN1CCOC(CSC[C@@H](N)C(=O)O)C1. The Balaban J connectivity index is 2.20. The lowest BCUT2D eigenvalue weighted by Crippen LogP contribution is -2.45. The molecule has 106 valence electrons. The molecule has 1 unspecified atom stereocenters. The molecule has 1 heterocycles. The van der Waals surface area contributed by atoms with Gasteiger partial charge in [0.05, 0.1) is 12.7 Å². The van der Waals surface area contributed by atoms with Gasteiger partial charge in [0.15, 0.2) is 0 Å². The van der Waals surface area contributed by atoms with E-state index in [9.17, 15) is 4.79 Å². The van der Waals surface area contributed by atoms with Crippen molar-refractivity contribution in [1.82, 2.24) is 4.90 Å². The zero-order valence-corrected chi connectivity index (χ0v) is 12.0. The third kappa shape index (κ3) is 6.04. The van der Waals surface area contributed by atoms with Crippen LogP contribution in [0.5, 0.6) is 0 Å². The van der Waals surface area contributed by atoms with E-state index in [1.165, 1.54) is 0 Å². The van der Waals surface area contributed by atoms with Gasteiger partial charge in [-0.2, -0.15) is 11.8 Å². The molecule has 0 aromatic carbocycles. The second-order valence-corrected chi connectivity index (χ2v) is 6.20. The molecule has 0 aromatic rings. The number of carbonyl (C=O) groups is 1. The van der Waals surface area contributed by atoms with Crippen LogP contribution in [0.1, 0.15) is 13.8 Å². The molecule has 0 saturated carbocycles. The second kappa shape index (κ2) is 7.99. The molecule has 0 radical (unpaired) electrons. The van der Waals surface area contributed by atoms with Gasteiger partial charge in [-0.15, -0.1) is 0 Å². The highest BCUT2D eigenvalue weighted by molar-refractivity contribution is 7.99. The van der Waals surface area contributed by atoms with Crippen molar-refractivity contribution in [3.8, 4) is 0 Å². The van der Waals surface area contributed by atoms with Crippen molar-refractivity contribution < 1.29 is 14.6 Å². The van der Waals surface area contributed by atoms with E-state index in [-0.39, 0.29) is 6.10 Å². The van der Waals surface area contributed by atoms with Gasteiger partial charge in [0, 0.05) is 31.1 Å². The highest BCUT2D eigenvalue weighted by Crippen LogP contribution is 2.13. The van der Waals surface area contributed by atoms with Gasteiger partial charge in [-0.3, -0.25) is 9.69 Å². The number of ether oxygens (including phenoxy) is 1. The van der Waals surface area contributed by atoms with E-state index >= 15 is 0 Å². The van der Waals surface area contributed by atoms with Crippen molar-refractivity contribution in [2.75, 3.05) is 37.7 Å². The molecule has 1 aliphatic rings. The van der Waals surface area contributed by atoms with Crippen molar-refractivity contribution in [3.63, 3.8) is 0 Å². The monoisotopic (exact) mass is 276 g/mol. The summed E-state index contributed by atoms with van der Waals surface area (Å²) in [5, 5.41) is 8.68. The van der Waals surface area contributed by atoms with E-state index in [2.05, 4.69) is 18.7 Å². The number of aliphatic carboxylic acids is 1. The van der Waals surface area contributed by atoms with Crippen LogP contribution in [0, 0.1) is 5.92 Å². The summed E-state index contributed by atoms with van der Waals surface area (Å²) >= 11 is 1.56. The summed E-state index contributed by atoms with van der Waals surface area (Å²) in [6.07, 6.45) is 0.198. The fraction of sp³-hybridized carbons (Fsp3) is 0.917. The zero-order chi connectivity index (χ0) is 13.5. The Kier molecular flexibility index (Phi) is 6.99. The van der Waals surface area contributed by atoms with E-state index in [4.69, 9.17) is 15.6 Å². The van der Waals surface area contributed by atoms with Crippen molar-refractivity contribution >= 4 is 17.7 Å². The molecule has 18 heavy (non-hydrogen) atoms. The Labute approximate surface area is 113 Å². The predicted molar refractivity (Wildman–Crippen MR) is 74.0 cm³/mol. The molecule has 1 aliphatic heterocycles. The topological polar surface area (TPSA) is 75.8 Å². The first-order valence-corrected chi connectivity index (χ1v) is 7.54. The van der Waals surface area contributed by atoms with Crippen LogP contribution >= 0.6 is 11.8 Å². The lowest BCUT2D eigenvalue weighted by Gasteiger charge is -2.33. The molecule has 0 aliphatic carbocycles. The molecule has 5 nitrogen and oxygen atoms in total. The van der Waals surface area contributed by atoms with Crippen LogP contribution < -0.4 is 5.73 Å². The summed E-state index contributed by atoms with van der Waals surface area (Å²) in [4.78, 5) is 13.0. The number of rotatable bonds is 7. The number of carboxylic acids is 1. The number of nitrogens with zero attached hydrogens (tertiary/aromatic N) is 1. The minimum absolute atomic E-state index is 0.198. The van der Waals surface area contributed by atoms with Crippen LogP contribution in [0.4, 0.5) is 0 Å². The van der Waals surface area contributed by atoms with Gasteiger partial charge in [0.25, 0.3) is 0 Å². The van der Waals surface area contributed by atoms with Crippen molar-refractivity contribution in [2.45, 2.75) is 26.0 Å². The van der Waals surface area contributed by atoms with Gasteiger partial charge in [-0.05, 0) is 5.92 Å². The lowest BCUT2D eigenvalue weighted by atomic mass is 10.2. The second-order valence-electron chi connectivity index (χ2n) is 5.13.